The summed E-state index contributed by atoms with van der Waals surface area (Å²) in [6, 6.07) is 0. The number of rotatable bonds is 1. The number of hydrogen-bond donors (Lipinski definition) is 2. The summed E-state index contributed by atoms with van der Waals surface area (Å²) in [4.78, 5) is 2.35. The molecule has 0 rings (SSSR count). The fourth-order valence-electron chi connectivity index (χ4n) is 0. The van der Waals surface area contributed by atoms with Crippen LogP contribution >= 0.6 is 11.9 Å². The highest BCUT2D eigenvalue weighted by molar-refractivity contribution is 7.96. The van der Waals surface area contributed by atoms with Crippen molar-refractivity contribution in [1.82, 2.24) is 4.83 Å². The predicted molar refractivity (Wildman–Crippen MR) is 20.8 cm³/mol. The van der Waals surface area contributed by atoms with Crippen molar-refractivity contribution in [2.75, 3.05) is 6.26 Å². The van der Waals surface area contributed by atoms with E-state index in [-0.39, 0.29) is 0 Å². The molecule has 0 aromatic rings. The van der Waals surface area contributed by atoms with Gasteiger partial charge in [-0.25, -0.2) is 4.83 Å². The highest BCUT2D eigenvalue weighted by Crippen LogP contribution is 1.68. The van der Waals surface area contributed by atoms with Crippen molar-refractivity contribution in [2.45, 2.75) is 0 Å². The van der Waals surface area contributed by atoms with Gasteiger partial charge in [0.05, 0.1) is 0 Å². The lowest BCUT2D eigenvalue weighted by Gasteiger charge is -1.76. The van der Waals surface area contributed by atoms with E-state index >= 15 is 0 Å². The molecule has 4 heavy (non-hydrogen) atoms. The van der Waals surface area contributed by atoms with Crippen LogP contribution in [0.3, 0.4) is 0 Å². The van der Waals surface area contributed by atoms with E-state index < -0.39 is 0 Å². The third-order valence-electron chi connectivity index (χ3n) is 0.118. The molecule has 2 nitrogen and oxygen atoms in total. The molecular formula is CH6N2S. The Hall–Kier alpha value is 0.270. The normalized spacial score (nSPS) is 7.50. The van der Waals surface area contributed by atoms with Gasteiger partial charge in [-0.15, -0.1) is 0 Å². The number of hydrogen-bond acceptors (Lipinski definition) is 3. The average Bonchev–Trinajstić information content (AvgIpc) is 1.37. The van der Waals surface area contributed by atoms with Gasteiger partial charge >= 0.3 is 0 Å². The SMILES string of the molecule is CSNN. The summed E-state index contributed by atoms with van der Waals surface area (Å²) < 4.78 is 0. The molecule has 0 atom stereocenters. The standard InChI is InChI=1S/CH6N2S/c1-4-3-2/h3H,2H2,1H3. The number of nitrogens with two attached hydrogens (primary N) is 1. The smallest absolute Gasteiger partial charge is 0.00250 e. The highest BCUT2D eigenvalue weighted by atomic mass is 32.2. The average molecular weight is 78.1 g/mol. The minimum atomic E-state index is 1.38. The van der Waals surface area contributed by atoms with Gasteiger partial charge in [0.15, 0.2) is 0 Å². The fraction of sp³-hybridized carbons (Fsp3) is 1.00. The quantitative estimate of drug-likeness (QED) is 0.257. The molecule has 0 heterocycles. The van der Waals surface area contributed by atoms with Crippen LogP contribution in [0.1, 0.15) is 0 Å². The molecule has 0 aliphatic heterocycles. The molecule has 0 radical (unpaired) electrons. The zero-order chi connectivity index (χ0) is 3.41. The van der Waals surface area contributed by atoms with Crippen LogP contribution in [0.25, 0.3) is 0 Å². The Morgan fingerprint density at radius 2 is 2.25 bits per heavy atom. The van der Waals surface area contributed by atoms with Crippen molar-refractivity contribution in [1.29, 1.82) is 0 Å². The first-order valence-electron chi connectivity index (χ1n) is 0.901. The van der Waals surface area contributed by atoms with Crippen LogP contribution in [-0.2, 0) is 0 Å². The molecule has 0 aliphatic carbocycles. The van der Waals surface area contributed by atoms with Crippen molar-refractivity contribution in [3.05, 3.63) is 0 Å². The summed E-state index contributed by atoms with van der Waals surface area (Å²) in [6.07, 6.45) is 1.86. The van der Waals surface area contributed by atoms with Gasteiger partial charge in [0.25, 0.3) is 0 Å². The van der Waals surface area contributed by atoms with Crippen LogP contribution in [0.5, 0.6) is 0 Å². The molecule has 0 aromatic heterocycles. The molecule has 0 aromatic carbocycles. The van der Waals surface area contributed by atoms with Crippen molar-refractivity contribution in [3.63, 3.8) is 0 Å². The van der Waals surface area contributed by atoms with Crippen molar-refractivity contribution in [3.8, 4) is 0 Å². The second kappa shape index (κ2) is 3.27. The van der Waals surface area contributed by atoms with Crippen molar-refractivity contribution >= 4 is 11.9 Å². The third-order valence-corrected chi connectivity index (χ3v) is 0.354. The van der Waals surface area contributed by atoms with Crippen LogP contribution < -0.4 is 10.7 Å². The monoisotopic (exact) mass is 78.0 g/mol. The highest BCUT2D eigenvalue weighted by Gasteiger charge is 1.49. The lowest BCUT2D eigenvalue weighted by Crippen LogP contribution is -2.09. The van der Waals surface area contributed by atoms with Crippen LogP contribution in [0.15, 0.2) is 0 Å². The van der Waals surface area contributed by atoms with Gasteiger partial charge in [-0.2, -0.15) is 0 Å². The first-order chi connectivity index (χ1) is 1.91. The Kier molecular flexibility index (Phi) is 3.49. The molecule has 0 saturated carbocycles. The van der Waals surface area contributed by atoms with Crippen molar-refractivity contribution < 1.29 is 0 Å². The fourth-order valence-corrected chi connectivity index (χ4v) is 0. The van der Waals surface area contributed by atoms with Gasteiger partial charge in [-0.3, -0.25) is 5.84 Å². The van der Waals surface area contributed by atoms with E-state index in [9.17, 15) is 0 Å². The molecule has 3 heteroatoms. The summed E-state index contributed by atoms with van der Waals surface area (Å²) in [5.41, 5.74) is 0. The minimum absolute atomic E-state index is 1.38. The maximum absolute atomic E-state index is 4.74. The maximum Gasteiger partial charge on any atom is -0.00250 e. The summed E-state index contributed by atoms with van der Waals surface area (Å²) in [5, 5.41) is 0. The maximum atomic E-state index is 4.74. The molecule has 0 aliphatic rings. The topological polar surface area (TPSA) is 38.0 Å². The van der Waals surface area contributed by atoms with Gasteiger partial charge in [-0.05, 0) is 6.26 Å². The largest absolute Gasteiger partial charge is 0.262 e. The summed E-state index contributed by atoms with van der Waals surface area (Å²) in [7, 11) is 0. The van der Waals surface area contributed by atoms with Crippen LogP contribution in [0.2, 0.25) is 0 Å². The molecule has 0 unspecified atom stereocenters. The number of nitrogens with one attached hydrogen (secondary N) is 1. The van der Waals surface area contributed by atoms with Gasteiger partial charge < -0.3 is 0 Å². The van der Waals surface area contributed by atoms with Crippen LogP contribution in [-0.4, -0.2) is 6.26 Å². The number of hydrazine groups is 1. The first kappa shape index (κ1) is 4.27. The Morgan fingerprint density at radius 1 is 2.00 bits per heavy atom. The summed E-state index contributed by atoms with van der Waals surface area (Å²) >= 11 is 1.38. The predicted octanol–water partition coefficient (Wildman–Crippen LogP) is -0.272. The van der Waals surface area contributed by atoms with Crippen LogP contribution in [0.4, 0.5) is 0 Å². The lowest BCUT2D eigenvalue weighted by atomic mass is 12.0. The Morgan fingerprint density at radius 3 is 2.25 bits per heavy atom. The van der Waals surface area contributed by atoms with E-state index in [0.717, 1.165) is 0 Å². The third kappa shape index (κ3) is 2.27. The molecule has 0 fully saturated rings. The van der Waals surface area contributed by atoms with Gasteiger partial charge in [0.2, 0.25) is 0 Å². The lowest BCUT2D eigenvalue weighted by molar-refractivity contribution is 1.12. The molecule has 0 amide bonds. The zero-order valence-corrected chi connectivity index (χ0v) is 3.30. The van der Waals surface area contributed by atoms with E-state index in [4.69, 9.17) is 5.84 Å². The summed E-state index contributed by atoms with van der Waals surface area (Å²) in [6.45, 7) is 0. The molecule has 0 saturated heterocycles. The molecular weight excluding hydrogens is 72.1 g/mol. The molecule has 3 N–H and O–H groups in total. The molecule has 0 bridgehead atoms. The van der Waals surface area contributed by atoms with E-state index in [1.54, 1.807) is 0 Å². The second-order valence-electron chi connectivity index (χ2n) is 0.322. The summed E-state index contributed by atoms with van der Waals surface area (Å²) in [5.74, 6) is 4.74. The van der Waals surface area contributed by atoms with Crippen LogP contribution in [0, 0.1) is 0 Å². The van der Waals surface area contributed by atoms with Crippen molar-refractivity contribution in [2.24, 2.45) is 5.84 Å². The van der Waals surface area contributed by atoms with Gasteiger partial charge in [0, 0.05) is 0 Å². The Labute approximate surface area is 29.9 Å². The van der Waals surface area contributed by atoms with Gasteiger partial charge in [0.1, 0.15) is 0 Å². The van der Waals surface area contributed by atoms with E-state index in [1.165, 1.54) is 11.9 Å². The van der Waals surface area contributed by atoms with Gasteiger partial charge in [-0.1, -0.05) is 11.9 Å². The minimum Gasteiger partial charge on any atom is -0.262 e. The Balaban J connectivity index is 1.97. The zero-order valence-electron chi connectivity index (χ0n) is 2.49. The molecule has 26 valence electrons. The Bertz CT molecular complexity index is 8.00. The van der Waals surface area contributed by atoms with E-state index in [1.807, 2.05) is 6.26 Å². The second-order valence-corrected chi connectivity index (χ2v) is 0.966. The van der Waals surface area contributed by atoms with E-state index in [0.29, 0.717) is 0 Å². The first-order valence-corrected chi connectivity index (χ1v) is 2.13. The van der Waals surface area contributed by atoms with E-state index in [2.05, 4.69) is 4.83 Å². The molecule has 0 spiro atoms.